The monoisotopic (exact) mass is 646 g/mol. The number of hydrogen-bond acceptors (Lipinski definition) is 3. The van der Waals surface area contributed by atoms with Crippen molar-refractivity contribution in [2.75, 3.05) is 0 Å². The van der Waals surface area contributed by atoms with Gasteiger partial charge in [-0.3, -0.25) is 4.57 Å². The molecule has 248 valence electrons. The lowest BCUT2D eigenvalue weighted by Crippen LogP contribution is -2.03. The summed E-state index contributed by atoms with van der Waals surface area (Å²) < 4.78 is 11.1. The van der Waals surface area contributed by atoms with Gasteiger partial charge in [-0.2, -0.15) is 5.10 Å². The lowest BCUT2D eigenvalue weighted by atomic mass is 10.0. The van der Waals surface area contributed by atoms with Crippen LogP contribution in [0.1, 0.15) is 68.1 Å². The van der Waals surface area contributed by atoms with Crippen LogP contribution in [0.25, 0.3) is 44.4 Å². The number of nitrogens with zero attached hydrogens (tertiary/aromatic N) is 4. The Morgan fingerprint density at radius 1 is 0.735 bits per heavy atom. The molecule has 3 aromatic heterocycles. The normalized spacial score (nSPS) is 11.7. The Morgan fingerprint density at radius 3 is 2.35 bits per heavy atom. The summed E-state index contributed by atoms with van der Waals surface area (Å²) in [6.07, 6.45) is 7.62. The van der Waals surface area contributed by atoms with Crippen LogP contribution in [0.15, 0.2) is 103 Å². The van der Waals surface area contributed by atoms with Crippen LogP contribution in [0, 0.1) is 26.7 Å². The molecule has 0 unspecified atom stereocenters. The van der Waals surface area contributed by atoms with Crippen LogP contribution in [0.4, 0.5) is 0 Å². The van der Waals surface area contributed by atoms with Gasteiger partial charge in [0.05, 0.1) is 22.4 Å². The zero-order valence-electron chi connectivity index (χ0n) is 29.6. The van der Waals surface area contributed by atoms with Crippen molar-refractivity contribution in [1.29, 1.82) is 0 Å². The second-order valence-electron chi connectivity index (χ2n) is 13.9. The van der Waals surface area contributed by atoms with Crippen LogP contribution < -0.4 is 4.74 Å². The van der Waals surface area contributed by atoms with Gasteiger partial charge in [-0.1, -0.05) is 70.0 Å². The van der Waals surface area contributed by atoms with E-state index >= 15 is 0 Å². The minimum atomic E-state index is 0.504. The first-order chi connectivity index (χ1) is 23.8. The number of pyridine rings is 1. The van der Waals surface area contributed by atoms with E-state index in [1.807, 2.05) is 12.3 Å². The van der Waals surface area contributed by atoms with Crippen molar-refractivity contribution in [2.24, 2.45) is 5.92 Å². The van der Waals surface area contributed by atoms with Gasteiger partial charge in [-0.05, 0) is 117 Å². The van der Waals surface area contributed by atoms with Crippen molar-refractivity contribution in [3.8, 4) is 34.1 Å². The van der Waals surface area contributed by atoms with Crippen LogP contribution >= 0.6 is 0 Å². The molecule has 0 atom stereocenters. The van der Waals surface area contributed by atoms with Gasteiger partial charge < -0.3 is 4.74 Å². The SMILES string of the molecule is CCCCCc1ccc2c(c1)c1ccc(Oc3cc(CC(C)C)cc(-n4nc(C)c(-c5ccccc5)c4C)c3)cc1n2-c1cc(C)ccn1. The van der Waals surface area contributed by atoms with Crippen molar-refractivity contribution < 1.29 is 4.74 Å². The van der Waals surface area contributed by atoms with Crippen molar-refractivity contribution in [2.45, 2.75) is 73.6 Å². The van der Waals surface area contributed by atoms with E-state index in [0.29, 0.717) is 5.92 Å². The predicted molar refractivity (Wildman–Crippen MR) is 204 cm³/mol. The first kappa shape index (κ1) is 32.4. The first-order valence-electron chi connectivity index (χ1n) is 17.7. The molecule has 0 saturated heterocycles. The van der Waals surface area contributed by atoms with Gasteiger partial charge in [-0.15, -0.1) is 0 Å². The summed E-state index contributed by atoms with van der Waals surface area (Å²) in [5.41, 5.74) is 11.5. The standard InChI is InChI=1S/C44H46N4O/c1-7-8-10-13-33-16-19-41-40(26-33)39-18-17-37(28-42(39)47(41)43-23-30(4)20-21-45-43)49-38-25-34(22-29(2)3)24-36(27-38)48-32(6)44(31(5)46-48)35-14-11-9-12-15-35/h9,11-12,14-21,23-29H,7-8,10,13,22H2,1-6H3. The van der Waals surface area contributed by atoms with Crippen molar-refractivity contribution >= 4 is 21.8 Å². The number of rotatable bonds is 11. The third-order valence-corrected chi connectivity index (χ3v) is 9.43. The summed E-state index contributed by atoms with van der Waals surface area (Å²) >= 11 is 0. The van der Waals surface area contributed by atoms with Gasteiger partial charge in [0, 0.05) is 40.4 Å². The highest BCUT2D eigenvalue weighted by atomic mass is 16.5. The number of aryl methyl sites for hydroxylation is 3. The van der Waals surface area contributed by atoms with E-state index in [1.165, 1.54) is 57.9 Å². The van der Waals surface area contributed by atoms with Crippen molar-refractivity contribution in [1.82, 2.24) is 19.3 Å². The molecule has 4 aromatic carbocycles. The number of fused-ring (bicyclic) bond motifs is 3. The third-order valence-electron chi connectivity index (χ3n) is 9.43. The molecule has 49 heavy (non-hydrogen) atoms. The van der Waals surface area contributed by atoms with Crippen LogP contribution in [0.5, 0.6) is 11.5 Å². The summed E-state index contributed by atoms with van der Waals surface area (Å²) in [4.78, 5) is 4.81. The average molecular weight is 647 g/mol. The van der Waals surface area contributed by atoms with Gasteiger partial charge in [0.2, 0.25) is 0 Å². The zero-order valence-corrected chi connectivity index (χ0v) is 29.6. The Kier molecular flexibility index (Phi) is 9.09. The molecular weight excluding hydrogens is 601 g/mol. The van der Waals surface area contributed by atoms with Crippen LogP contribution in [-0.4, -0.2) is 19.3 Å². The van der Waals surface area contributed by atoms with E-state index in [4.69, 9.17) is 14.8 Å². The lowest BCUT2D eigenvalue weighted by Gasteiger charge is -2.14. The second-order valence-corrected chi connectivity index (χ2v) is 13.9. The maximum atomic E-state index is 6.76. The predicted octanol–water partition coefficient (Wildman–Crippen LogP) is 11.7. The number of ether oxygens (including phenoxy) is 1. The molecule has 0 aliphatic heterocycles. The van der Waals surface area contributed by atoms with E-state index in [1.54, 1.807) is 0 Å². The smallest absolute Gasteiger partial charge is 0.137 e. The highest BCUT2D eigenvalue weighted by molar-refractivity contribution is 6.09. The summed E-state index contributed by atoms with van der Waals surface area (Å²) in [5, 5.41) is 7.47. The van der Waals surface area contributed by atoms with Crippen molar-refractivity contribution in [3.05, 3.63) is 131 Å². The van der Waals surface area contributed by atoms with Gasteiger partial charge in [-0.25, -0.2) is 9.67 Å². The minimum absolute atomic E-state index is 0.504. The Bertz CT molecular complexity index is 2260. The Morgan fingerprint density at radius 2 is 1.57 bits per heavy atom. The fourth-order valence-corrected chi connectivity index (χ4v) is 7.20. The number of unbranched alkanes of at least 4 members (excludes halogenated alkanes) is 2. The summed E-state index contributed by atoms with van der Waals surface area (Å²) in [7, 11) is 0. The second kappa shape index (κ2) is 13.8. The highest BCUT2D eigenvalue weighted by Crippen LogP contribution is 2.37. The minimum Gasteiger partial charge on any atom is -0.457 e. The molecule has 0 aliphatic carbocycles. The molecule has 3 heterocycles. The molecule has 0 radical (unpaired) electrons. The molecule has 7 aromatic rings. The zero-order chi connectivity index (χ0) is 34.1. The molecule has 0 aliphatic rings. The topological polar surface area (TPSA) is 44.9 Å². The summed E-state index contributed by atoms with van der Waals surface area (Å²) in [6.45, 7) is 13.1. The molecule has 0 N–H and O–H groups in total. The number of hydrogen-bond donors (Lipinski definition) is 0. The van der Waals surface area contributed by atoms with E-state index in [0.717, 1.165) is 58.3 Å². The van der Waals surface area contributed by atoms with E-state index in [9.17, 15) is 0 Å². The Balaban J connectivity index is 1.32. The summed E-state index contributed by atoms with van der Waals surface area (Å²) in [6, 6.07) is 34.7. The van der Waals surface area contributed by atoms with Gasteiger partial charge in [0.15, 0.2) is 0 Å². The maximum absolute atomic E-state index is 6.76. The van der Waals surface area contributed by atoms with Gasteiger partial charge in [0.25, 0.3) is 0 Å². The molecule has 0 saturated carbocycles. The average Bonchev–Trinajstić information content (AvgIpc) is 3.57. The van der Waals surface area contributed by atoms with Gasteiger partial charge in [0.1, 0.15) is 17.3 Å². The lowest BCUT2D eigenvalue weighted by molar-refractivity contribution is 0.481. The molecule has 7 rings (SSSR count). The van der Waals surface area contributed by atoms with Crippen LogP contribution in [0.2, 0.25) is 0 Å². The number of benzene rings is 4. The maximum Gasteiger partial charge on any atom is 0.137 e. The molecule has 0 spiro atoms. The molecule has 0 fully saturated rings. The fourth-order valence-electron chi connectivity index (χ4n) is 7.20. The van der Waals surface area contributed by atoms with Gasteiger partial charge >= 0.3 is 0 Å². The first-order valence-corrected chi connectivity index (χ1v) is 17.7. The molecule has 0 amide bonds. The molecular formula is C44H46N4O. The molecule has 5 nitrogen and oxygen atoms in total. The van der Waals surface area contributed by atoms with Crippen LogP contribution in [0.3, 0.4) is 0 Å². The highest BCUT2D eigenvalue weighted by Gasteiger charge is 2.18. The Labute approximate surface area is 290 Å². The molecule has 0 bridgehead atoms. The molecule has 5 heteroatoms. The third kappa shape index (κ3) is 6.63. The van der Waals surface area contributed by atoms with E-state index in [2.05, 4.69) is 142 Å². The van der Waals surface area contributed by atoms with Crippen molar-refractivity contribution in [3.63, 3.8) is 0 Å². The van der Waals surface area contributed by atoms with Crippen LogP contribution in [-0.2, 0) is 12.8 Å². The number of aromatic nitrogens is 4. The Hall–Kier alpha value is -5.16. The summed E-state index contributed by atoms with van der Waals surface area (Å²) in [5.74, 6) is 3.01. The van der Waals surface area contributed by atoms with E-state index in [-0.39, 0.29) is 0 Å². The fraction of sp³-hybridized carbons (Fsp3) is 0.273. The largest absolute Gasteiger partial charge is 0.457 e. The quantitative estimate of drug-likeness (QED) is 0.131. The van der Waals surface area contributed by atoms with E-state index < -0.39 is 0 Å².